The molecule has 1 aromatic carbocycles. The molecule has 1 saturated carbocycles. The van der Waals surface area contributed by atoms with Crippen molar-refractivity contribution in [1.29, 1.82) is 0 Å². The highest BCUT2D eigenvalue weighted by Gasteiger charge is 2.36. The molecule has 8 heteroatoms. The second kappa shape index (κ2) is 9.00. The van der Waals surface area contributed by atoms with Gasteiger partial charge in [-0.05, 0) is 50.3 Å². The Labute approximate surface area is 191 Å². The van der Waals surface area contributed by atoms with Crippen molar-refractivity contribution in [3.8, 4) is 22.5 Å². The Morgan fingerprint density at radius 1 is 1.09 bits per heavy atom. The van der Waals surface area contributed by atoms with Gasteiger partial charge >= 0.3 is 0 Å². The summed E-state index contributed by atoms with van der Waals surface area (Å²) in [6, 6.07) is 9.53. The van der Waals surface area contributed by atoms with E-state index in [1.807, 2.05) is 35.2 Å². The highest BCUT2D eigenvalue weighted by Crippen LogP contribution is 2.39. The number of H-pyrrole nitrogens is 1. The van der Waals surface area contributed by atoms with Gasteiger partial charge in [0.15, 0.2) is 0 Å². The van der Waals surface area contributed by atoms with Crippen LogP contribution < -0.4 is 0 Å². The van der Waals surface area contributed by atoms with Gasteiger partial charge in [-0.2, -0.15) is 5.10 Å². The number of piperidine rings is 1. The molecule has 1 aliphatic heterocycles. The number of halogens is 1. The lowest BCUT2D eigenvalue weighted by Gasteiger charge is -2.34. The number of benzene rings is 1. The van der Waals surface area contributed by atoms with E-state index in [-0.39, 0.29) is 17.7 Å². The molecule has 0 spiro atoms. The summed E-state index contributed by atoms with van der Waals surface area (Å²) in [6.07, 6.45) is 6.94. The third kappa shape index (κ3) is 4.02. The number of nitrogens with zero attached hydrogens (tertiary/aromatic N) is 4. The average molecular weight is 452 g/mol. The van der Waals surface area contributed by atoms with Crippen LogP contribution in [0.5, 0.6) is 0 Å². The Morgan fingerprint density at radius 3 is 2.53 bits per heavy atom. The Balaban J connectivity index is 1.41. The van der Waals surface area contributed by atoms with Crippen molar-refractivity contribution >= 4 is 17.5 Å². The average Bonchev–Trinajstić information content (AvgIpc) is 3.46. The number of rotatable bonds is 4. The SMILES string of the molecule is O=C(C1CCCC1O)N1CCC(c2[nH]nc(-c3ccc(Cl)cc3)c2-c2ccncn2)CC1. The maximum Gasteiger partial charge on any atom is 0.228 e. The number of amides is 1. The summed E-state index contributed by atoms with van der Waals surface area (Å²) in [7, 11) is 0. The van der Waals surface area contributed by atoms with Gasteiger partial charge in [0.1, 0.15) is 12.0 Å². The Bertz CT molecular complexity index is 1080. The normalized spacial score (nSPS) is 21.8. The molecule has 0 radical (unpaired) electrons. The molecule has 2 aliphatic rings. The fourth-order valence-electron chi connectivity index (χ4n) is 5.02. The molecule has 2 aromatic heterocycles. The van der Waals surface area contributed by atoms with E-state index in [2.05, 4.69) is 20.2 Å². The number of hydrogen-bond donors (Lipinski definition) is 2. The Morgan fingerprint density at radius 2 is 1.88 bits per heavy atom. The molecule has 1 aliphatic carbocycles. The van der Waals surface area contributed by atoms with Crippen LogP contribution in [-0.4, -0.2) is 55.3 Å². The van der Waals surface area contributed by atoms with Crippen LogP contribution in [0, 0.1) is 5.92 Å². The minimum atomic E-state index is -0.487. The summed E-state index contributed by atoms with van der Waals surface area (Å²) in [5.41, 5.74) is 4.64. The van der Waals surface area contributed by atoms with E-state index in [4.69, 9.17) is 11.6 Å². The fourth-order valence-corrected chi connectivity index (χ4v) is 5.14. The van der Waals surface area contributed by atoms with Gasteiger partial charge in [0.25, 0.3) is 0 Å². The number of aliphatic hydroxyl groups is 1. The van der Waals surface area contributed by atoms with Crippen molar-refractivity contribution in [2.75, 3.05) is 13.1 Å². The molecule has 32 heavy (non-hydrogen) atoms. The zero-order valence-corrected chi connectivity index (χ0v) is 18.5. The van der Waals surface area contributed by atoms with Crippen LogP contribution in [0.4, 0.5) is 0 Å². The van der Waals surface area contributed by atoms with Gasteiger partial charge in [-0.15, -0.1) is 0 Å². The molecule has 2 N–H and O–H groups in total. The molecule has 2 unspecified atom stereocenters. The van der Waals surface area contributed by atoms with Crippen LogP contribution >= 0.6 is 11.6 Å². The van der Waals surface area contributed by atoms with Crippen molar-refractivity contribution in [3.63, 3.8) is 0 Å². The van der Waals surface area contributed by atoms with Gasteiger partial charge in [0, 0.05) is 47.0 Å². The van der Waals surface area contributed by atoms with Gasteiger partial charge in [0.2, 0.25) is 5.91 Å². The summed E-state index contributed by atoms with van der Waals surface area (Å²) < 4.78 is 0. The molecular formula is C24H26ClN5O2. The van der Waals surface area contributed by atoms with Crippen LogP contribution in [0.15, 0.2) is 42.9 Å². The molecular weight excluding hydrogens is 426 g/mol. The van der Waals surface area contributed by atoms with E-state index in [1.165, 1.54) is 0 Å². The molecule has 3 heterocycles. The first-order valence-corrected chi connectivity index (χ1v) is 11.6. The predicted octanol–water partition coefficient (Wildman–Crippen LogP) is 4.05. The maximum atomic E-state index is 12.9. The lowest BCUT2D eigenvalue weighted by molar-refractivity contribution is -0.139. The fraction of sp³-hybridized carbons (Fsp3) is 0.417. The van der Waals surface area contributed by atoms with Gasteiger partial charge in [-0.1, -0.05) is 23.7 Å². The van der Waals surface area contributed by atoms with E-state index in [9.17, 15) is 9.90 Å². The quantitative estimate of drug-likeness (QED) is 0.623. The smallest absolute Gasteiger partial charge is 0.228 e. The molecule has 166 valence electrons. The number of aromatic nitrogens is 4. The standard InChI is InChI=1S/C24H26ClN5O2/c25-17-6-4-15(5-7-17)22-21(19-8-11-26-14-27-19)23(29-28-22)16-9-12-30(13-10-16)24(32)18-2-1-3-20(18)31/h4-8,11,14,16,18,20,31H,1-3,9-10,12-13H2,(H,28,29). The van der Waals surface area contributed by atoms with Crippen LogP contribution in [0.3, 0.4) is 0 Å². The van der Waals surface area contributed by atoms with Crippen molar-refractivity contribution in [1.82, 2.24) is 25.1 Å². The minimum Gasteiger partial charge on any atom is -0.392 e. The number of hydrogen-bond acceptors (Lipinski definition) is 5. The van der Waals surface area contributed by atoms with Gasteiger partial charge in [-0.25, -0.2) is 9.97 Å². The molecule has 2 atom stereocenters. The van der Waals surface area contributed by atoms with Gasteiger partial charge in [-0.3, -0.25) is 9.89 Å². The first kappa shape index (κ1) is 21.1. The van der Waals surface area contributed by atoms with Crippen LogP contribution in [0.2, 0.25) is 5.02 Å². The predicted molar refractivity (Wildman–Crippen MR) is 122 cm³/mol. The number of carbonyl (C=O) groups is 1. The van der Waals surface area contributed by atoms with Crippen molar-refractivity contribution < 1.29 is 9.90 Å². The molecule has 3 aromatic rings. The summed E-state index contributed by atoms with van der Waals surface area (Å²) in [5, 5.41) is 18.7. The second-order valence-electron chi connectivity index (χ2n) is 8.67. The van der Waals surface area contributed by atoms with E-state index in [0.29, 0.717) is 18.1 Å². The third-order valence-corrected chi connectivity index (χ3v) is 7.01. The van der Waals surface area contributed by atoms with Gasteiger partial charge in [0.05, 0.1) is 17.7 Å². The first-order valence-electron chi connectivity index (χ1n) is 11.2. The zero-order valence-electron chi connectivity index (χ0n) is 17.7. The summed E-state index contributed by atoms with van der Waals surface area (Å²) in [4.78, 5) is 23.4. The van der Waals surface area contributed by atoms with Crippen molar-refractivity contribution in [3.05, 3.63) is 53.6 Å². The lowest BCUT2D eigenvalue weighted by Crippen LogP contribution is -2.43. The van der Waals surface area contributed by atoms with E-state index in [0.717, 1.165) is 60.3 Å². The van der Waals surface area contributed by atoms with E-state index >= 15 is 0 Å². The lowest BCUT2D eigenvalue weighted by atomic mass is 9.88. The second-order valence-corrected chi connectivity index (χ2v) is 9.10. The number of nitrogens with one attached hydrogen (secondary N) is 1. The zero-order chi connectivity index (χ0) is 22.1. The summed E-state index contributed by atoms with van der Waals surface area (Å²) in [5.74, 6) is 0.119. The van der Waals surface area contributed by atoms with Crippen molar-refractivity contribution in [2.45, 2.75) is 44.1 Å². The number of carbonyl (C=O) groups excluding carboxylic acids is 1. The molecule has 0 bridgehead atoms. The molecule has 1 amide bonds. The monoisotopic (exact) mass is 451 g/mol. The summed E-state index contributed by atoms with van der Waals surface area (Å²) in [6.45, 7) is 1.37. The van der Waals surface area contributed by atoms with Crippen molar-refractivity contribution in [2.24, 2.45) is 5.92 Å². The molecule has 5 rings (SSSR count). The van der Waals surface area contributed by atoms with E-state index < -0.39 is 6.10 Å². The highest BCUT2D eigenvalue weighted by molar-refractivity contribution is 6.30. The van der Waals surface area contributed by atoms with E-state index in [1.54, 1.807) is 12.5 Å². The number of aromatic amines is 1. The first-order chi connectivity index (χ1) is 15.6. The topological polar surface area (TPSA) is 95.0 Å². The van der Waals surface area contributed by atoms with Gasteiger partial charge < -0.3 is 10.0 Å². The third-order valence-electron chi connectivity index (χ3n) is 6.76. The number of aliphatic hydroxyl groups excluding tert-OH is 1. The van der Waals surface area contributed by atoms with Crippen LogP contribution in [0.1, 0.15) is 43.7 Å². The highest BCUT2D eigenvalue weighted by atomic mass is 35.5. The Kier molecular flexibility index (Phi) is 5.93. The largest absolute Gasteiger partial charge is 0.392 e. The van der Waals surface area contributed by atoms with Crippen LogP contribution in [0.25, 0.3) is 22.5 Å². The Hall–Kier alpha value is -2.77. The molecule has 2 fully saturated rings. The van der Waals surface area contributed by atoms with Crippen LogP contribution in [-0.2, 0) is 4.79 Å². The molecule has 7 nitrogen and oxygen atoms in total. The molecule has 1 saturated heterocycles. The number of likely N-dealkylation sites (tertiary alicyclic amines) is 1. The minimum absolute atomic E-state index is 0.107. The maximum absolute atomic E-state index is 12.9. The summed E-state index contributed by atoms with van der Waals surface area (Å²) >= 11 is 6.08.